The molecule has 1 aliphatic carbocycles. The van der Waals surface area contributed by atoms with Gasteiger partial charge in [-0.3, -0.25) is 0 Å². The number of anilines is 1. The summed E-state index contributed by atoms with van der Waals surface area (Å²) in [4.78, 5) is 12.0. The van der Waals surface area contributed by atoms with Gasteiger partial charge in [0.25, 0.3) is 0 Å². The summed E-state index contributed by atoms with van der Waals surface area (Å²) in [6.07, 6.45) is -0.183. The summed E-state index contributed by atoms with van der Waals surface area (Å²) in [6.45, 7) is -1.64. The topological polar surface area (TPSA) is 73.9 Å². The fourth-order valence-electron chi connectivity index (χ4n) is 2.15. The van der Waals surface area contributed by atoms with Gasteiger partial charge >= 0.3 is 6.18 Å². The van der Waals surface area contributed by atoms with Crippen LogP contribution in [0.3, 0.4) is 0 Å². The average molecular weight is 276 g/mol. The predicted octanol–water partition coefficient (Wildman–Crippen LogP) is 2.19. The number of nitrogen functional groups attached to an aromatic ring is 1. The highest BCUT2D eigenvalue weighted by Gasteiger charge is 2.27. The van der Waals surface area contributed by atoms with Gasteiger partial charge in [-0.15, -0.1) is 0 Å². The van der Waals surface area contributed by atoms with Crippen molar-refractivity contribution in [3.05, 3.63) is 11.6 Å². The molecule has 0 radical (unpaired) electrons. The third-order valence-electron chi connectivity index (χ3n) is 2.93. The van der Waals surface area contributed by atoms with Crippen LogP contribution in [0.1, 0.15) is 43.3 Å². The molecule has 1 aromatic heterocycles. The molecule has 8 heteroatoms. The summed E-state index contributed by atoms with van der Waals surface area (Å²) in [5.74, 6) is 0.975. The van der Waals surface area contributed by atoms with Crippen LogP contribution >= 0.6 is 0 Å². The van der Waals surface area contributed by atoms with Crippen LogP contribution in [-0.4, -0.2) is 27.7 Å². The number of aromatic nitrogens is 3. The normalized spacial score (nSPS) is 17.0. The summed E-state index contributed by atoms with van der Waals surface area (Å²) in [7, 11) is 0. The first-order valence-electron chi connectivity index (χ1n) is 6.09. The van der Waals surface area contributed by atoms with Crippen molar-refractivity contribution < 1.29 is 17.9 Å². The van der Waals surface area contributed by atoms with Crippen LogP contribution < -0.4 is 5.73 Å². The van der Waals surface area contributed by atoms with Gasteiger partial charge in [0.15, 0.2) is 5.82 Å². The largest absolute Gasteiger partial charge is 0.411 e. The Bertz CT molecular complexity index is 432. The second kappa shape index (κ2) is 5.68. The standard InChI is InChI=1S/C11H15F3N4O/c12-11(13,14)6-19-5-8-16-9(18-10(15)17-8)7-3-1-2-4-7/h7H,1-6H2,(H2,15,16,17,18). The molecule has 1 aliphatic rings. The third-order valence-corrected chi connectivity index (χ3v) is 2.93. The van der Waals surface area contributed by atoms with Crippen molar-refractivity contribution in [2.75, 3.05) is 12.3 Å². The molecule has 2 rings (SSSR count). The highest BCUT2D eigenvalue weighted by molar-refractivity contribution is 5.17. The number of ether oxygens (including phenoxy) is 1. The SMILES string of the molecule is Nc1nc(COCC(F)(F)F)nc(C2CCCC2)n1. The molecule has 19 heavy (non-hydrogen) atoms. The first kappa shape index (κ1) is 14.0. The van der Waals surface area contributed by atoms with Crippen molar-refractivity contribution in [3.63, 3.8) is 0 Å². The van der Waals surface area contributed by atoms with Crippen molar-refractivity contribution in [1.29, 1.82) is 0 Å². The van der Waals surface area contributed by atoms with E-state index in [0.717, 1.165) is 25.7 Å². The van der Waals surface area contributed by atoms with E-state index in [2.05, 4.69) is 19.7 Å². The van der Waals surface area contributed by atoms with Gasteiger partial charge in [0, 0.05) is 5.92 Å². The molecule has 1 aromatic rings. The van der Waals surface area contributed by atoms with Crippen LogP contribution in [0.5, 0.6) is 0 Å². The zero-order valence-corrected chi connectivity index (χ0v) is 10.3. The molecule has 5 nitrogen and oxygen atoms in total. The molecule has 1 heterocycles. The zero-order chi connectivity index (χ0) is 13.9. The first-order chi connectivity index (χ1) is 8.94. The number of nitrogens with two attached hydrogens (primary N) is 1. The van der Waals surface area contributed by atoms with E-state index in [1.54, 1.807) is 0 Å². The van der Waals surface area contributed by atoms with Crippen molar-refractivity contribution >= 4 is 5.95 Å². The molecule has 0 saturated heterocycles. The number of alkyl halides is 3. The van der Waals surface area contributed by atoms with E-state index in [-0.39, 0.29) is 24.3 Å². The lowest BCUT2D eigenvalue weighted by atomic mass is 10.1. The van der Waals surface area contributed by atoms with E-state index in [0.29, 0.717) is 5.82 Å². The maximum Gasteiger partial charge on any atom is 0.411 e. The van der Waals surface area contributed by atoms with Gasteiger partial charge in [-0.1, -0.05) is 12.8 Å². The zero-order valence-electron chi connectivity index (χ0n) is 10.3. The van der Waals surface area contributed by atoms with Crippen LogP contribution in [0.25, 0.3) is 0 Å². The molecule has 2 N–H and O–H groups in total. The van der Waals surface area contributed by atoms with Crippen molar-refractivity contribution in [2.24, 2.45) is 0 Å². The Kier molecular flexibility index (Phi) is 4.18. The molecule has 0 spiro atoms. The first-order valence-corrected chi connectivity index (χ1v) is 6.09. The molecular weight excluding hydrogens is 261 g/mol. The van der Waals surface area contributed by atoms with E-state index < -0.39 is 12.8 Å². The quantitative estimate of drug-likeness (QED) is 0.912. The Hall–Kier alpha value is -1.44. The lowest BCUT2D eigenvalue weighted by Gasteiger charge is -2.10. The molecular formula is C11H15F3N4O. The lowest BCUT2D eigenvalue weighted by molar-refractivity contribution is -0.177. The van der Waals surface area contributed by atoms with Gasteiger partial charge in [-0.25, -0.2) is 4.98 Å². The summed E-state index contributed by atoms with van der Waals surface area (Å²) in [5.41, 5.74) is 5.54. The second-order valence-electron chi connectivity index (χ2n) is 4.56. The minimum atomic E-state index is -4.35. The monoisotopic (exact) mass is 276 g/mol. The highest BCUT2D eigenvalue weighted by Crippen LogP contribution is 2.32. The van der Waals surface area contributed by atoms with Gasteiger partial charge in [-0.05, 0) is 12.8 Å². The van der Waals surface area contributed by atoms with Gasteiger partial charge in [-0.2, -0.15) is 23.1 Å². The van der Waals surface area contributed by atoms with Crippen molar-refractivity contribution in [3.8, 4) is 0 Å². The molecule has 106 valence electrons. The molecule has 0 unspecified atom stereocenters. The maximum absolute atomic E-state index is 12.0. The smallest absolute Gasteiger partial charge is 0.368 e. The summed E-state index contributed by atoms with van der Waals surface area (Å²) in [5, 5.41) is 0. The highest BCUT2D eigenvalue weighted by atomic mass is 19.4. The minimum Gasteiger partial charge on any atom is -0.368 e. The Morgan fingerprint density at radius 3 is 2.47 bits per heavy atom. The second-order valence-corrected chi connectivity index (χ2v) is 4.56. The number of rotatable bonds is 4. The fourth-order valence-corrected chi connectivity index (χ4v) is 2.15. The Morgan fingerprint density at radius 2 is 1.84 bits per heavy atom. The van der Waals surface area contributed by atoms with E-state index in [1.807, 2.05) is 0 Å². The van der Waals surface area contributed by atoms with E-state index in [1.165, 1.54) is 0 Å². The van der Waals surface area contributed by atoms with E-state index >= 15 is 0 Å². The molecule has 0 aromatic carbocycles. The summed E-state index contributed by atoms with van der Waals surface area (Å²) < 4.78 is 40.4. The van der Waals surface area contributed by atoms with Crippen LogP contribution in [0.4, 0.5) is 19.1 Å². The average Bonchev–Trinajstić information content (AvgIpc) is 2.79. The van der Waals surface area contributed by atoms with Crippen LogP contribution in [0.2, 0.25) is 0 Å². The summed E-state index contributed by atoms with van der Waals surface area (Å²) in [6, 6.07) is 0. The Balaban J connectivity index is 2.00. The molecule has 0 amide bonds. The van der Waals surface area contributed by atoms with Gasteiger partial charge in [0.1, 0.15) is 19.0 Å². The van der Waals surface area contributed by atoms with E-state index in [9.17, 15) is 13.2 Å². The van der Waals surface area contributed by atoms with Crippen LogP contribution in [-0.2, 0) is 11.3 Å². The molecule has 1 fully saturated rings. The Labute approximate surface area is 108 Å². The van der Waals surface area contributed by atoms with Crippen LogP contribution in [0, 0.1) is 0 Å². The van der Waals surface area contributed by atoms with Gasteiger partial charge in [0.2, 0.25) is 5.95 Å². The number of halogens is 3. The number of hydrogen-bond donors (Lipinski definition) is 1. The van der Waals surface area contributed by atoms with Gasteiger partial charge < -0.3 is 10.5 Å². The van der Waals surface area contributed by atoms with Crippen LogP contribution in [0.15, 0.2) is 0 Å². The van der Waals surface area contributed by atoms with E-state index in [4.69, 9.17) is 5.73 Å². The minimum absolute atomic E-state index is 0.0301. The maximum atomic E-state index is 12.0. The molecule has 0 aliphatic heterocycles. The van der Waals surface area contributed by atoms with Crippen molar-refractivity contribution in [1.82, 2.24) is 15.0 Å². The number of hydrogen-bond acceptors (Lipinski definition) is 5. The Morgan fingerprint density at radius 1 is 1.16 bits per heavy atom. The van der Waals surface area contributed by atoms with Gasteiger partial charge in [0.05, 0.1) is 0 Å². The van der Waals surface area contributed by atoms with Crippen molar-refractivity contribution in [2.45, 2.75) is 44.4 Å². The molecule has 1 saturated carbocycles. The fraction of sp³-hybridized carbons (Fsp3) is 0.727. The lowest BCUT2D eigenvalue weighted by Crippen LogP contribution is -2.18. The summed E-state index contributed by atoms with van der Waals surface area (Å²) >= 11 is 0. The number of nitrogens with zero attached hydrogens (tertiary/aromatic N) is 3. The third kappa shape index (κ3) is 4.30. The molecule has 0 atom stereocenters. The predicted molar refractivity (Wildman–Crippen MR) is 61.2 cm³/mol. The molecule has 0 bridgehead atoms.